The molecule has 0 unspecified atom stereocenters. The molecular formula is C19H18ClN3O2S. The van der Waals surface area contributed by atoms with E-state index in [-0.39, 0.29) is 18.2 Å². The van der Waals surface area contributed by atoms with E-state index < -0.39 is 5.25 Å². The Morgan fingerprint density at radius 1 is 1.19 bits per heavy atom. The number of thioether (sulfide) groups is 1. The molecule has 0 bridgehead atoms. The summed E-state index contributed by atoms with van der Waals surface area (Å²) in [5.41, 5.74) is 3.75. The third kappa shape index (κ3) is 4.65. The molecule has 2 aromatic carbocycles. The van der Waals surface area contributed by atoms with Crippen molar-refractivity contribution in [2.75, 3.05) is 5.32 Å². The van der Waals surface area contributed by atoms with Gasteiger partial charge in [0.25, 0.3) is 0 Å². The number of rotatable bonds is 4. The van der Waals surface area contributed by atoms with Crippen LogP contribution < -0.4 is 10.6 Å². The maximum absolute atomic E-state index is 12.2. The van der Waals surface area contributed by atoms with Gasteiger partial charge >= 0.3 is 0 Å². The molecule has 0 aromatic heterocycles. The van der Waals surface area contributed by atoms with E-state index in [1.807, 2.05) is 32.0 Å². The number of nitrogens with zero attached hydrogens (tertiary/aromatic N) is 1. The predicted octanol–water partition coefficient (Wildman–Crippen LogP) is 4.20. The molecule has 26 heavy (non-hydrogen) atoms. The first kappa shape index (κ1) is 18.5. The van der Waals surface area contributed by atoms with Crippen LogP contribution in [0, 0.1) is 13.8 Å². The Balaban J connectivity index is 1.62. The van der Waals surface area contributed by atoms with E-state index in [1.165, 1.54) is 17.3 Å². The molecule has 1 saturated heterocycles. The summed E-state index contributed by atoms with van der Waals surface area (Å²) in [4.78, 5) is 28.8. The third-order valence-corrected chi connectivity index (χ3v) is 5.33. The monoisotopic (exact) mass is 387 g/mol. The molecule has 5 nitrogen and oxygen atoms in total. The normalized spacial score (nSPS) is 18.0. The van der Waals surface area contributed by atoms with Crippen LogP contribution in [-0.4, -0.2) is 22.2 Å². The first-order valence-electron chi connectivity index (χ1n) is 8.09. The summed E-state index contributed by atoms with van der Waals surface area (Å²) in [5.74, 6) is -0.434. The minimum absolute atomic E-state index is 0.0745. The van der Waals surface area contributed by atoms with Gasteiger partial charge in [0.15, 0.2) is 5.17 Å². The van der Waals surface area contributed by atoms with E-state index >= 15 is 0 Å². The van der Waals surface area contributed by atoms with Crippen LogP contribution in [0.5, 0.6) is 0 Å². The zero-order chi connectivity index (χ0) is 18.7. The van der Waals surface area contributed by atoms with Gasteiger partial charge in [0, 0.05) is 17.1 Å². The molecule has 0 spiro atoms. The molecule has 1 aliphatic rings. The van der Waals surface area contributed by atoms with Crippen LogP contribution in [0.3, 0.4) is 0 Å². The van der Waals surface area contributed by atoms with E-state index in [9.17, 15) is 9.59 Å². The fourth-order valence-corrected chi connectivity index (χ4v) is 3.53. The first-order chi connectivity index (χ1) is 12.4. The van der Waals surface area contributed by atoms with Crippen molar-refractivity contribution in [3.8, 4) is 0 Å². The Kier molecular flexibility index (Phi) is 5.64. The molecule has 2 amide bonds. The molecule has 1 atom stereocenters. The third-order valence-electron chi connectivity index (χ3n) is 4.00. The number of hydrogen-bond acceptors (Lipinski definition) is 4. The number of halogens is 1. The van der Waals surface area contributed by atoms with Gasteiger partial charge in [-0.2, -0.15) is 0 Å². The fourth-order valence-electron chi connectivity index (χ4n) is 2.42. The molecule has 0 aliphatic carbocycles. The summed E-state index contributed by atoms with van der Waals surface area (Å²) in [5, 5.41) is 6.13. The zero-order valence-electron chi connectivity index (χ0n) is 14.4. The molecule has 3 rings (SSSR count). The molecule has 1 heterocycles. The second-order valence-corrected chi connectivity index (χ2v) is 7.67. The second kappa shape index (κ2) is 7.93. The van der Waals surface area contributed by atoms with Crippen LogP contribution in [-0.2, 0) is 9.59 Å². The second-order valence-electron chi connectivity index (χ2n) is 6.04. The van der Waals surface area contributed by atoms with Crippen molar-refractivity contribution in [1.82, 2.24) is 5.32 Å². The number of nitrogens with one attached hydrogen (secondary N) is 2. The SMILES string of the molecule is Cc1ccc(N=C2NC(=O)[C@H](CC(=O)Nc3ccc(Cl)cc3)S2)cc1C. The number of aliphatic imine (C=N–C) groups is 1. The van der Waals surface area contributed by atoms with E-state index in [2.05, 4.69) is 15.6 Å². The predicted molar refractivity (Wildman–Crippen MR) is 107 cm³/mol. The quantitative estimate of drug-likeness (QED) is 0.825. The van der Waals surface area contributed by atoms with E-state index in [4.69, 9.17) is 11.6 Å². The van der Waals surface area contributed by atoms with Crippen LogP contribution in [0.1, 0.15) is 17.5 Å². The lowest BCUT2D eigenvalue weighted by Gasteiger charge is -2.07. The topological polar surface area (TPSA) is 70.6 Å². The highest BCUT2D eigenvalue weighted by molar-refractivity contribution is 8.15. The number of amidine groups is 1. The van der Waals surface area contributed by atoms with Crippen molar-refractivity contribution >= 4 is 51.7 Å². The van der Waals surface area contributed by atoms with Crippen LogP contribution >= 0.6 is 23.4 Å². The summed E-state index contributed by atoms with van der Waals surface area (Å²) in [7, 11) is 0. The van der Waals surface area contributed by atoms with Crippen molar-refractivity contribution in [3.05, 3.63) is 58.6 Å². The van der Waals surface area contributed by atoms with Crippen molar-refractivity contribution < 1.29 is 9.59 Å². The van der Waals surface area contributed by atoms with Gasteiger partial charge in [0.2, 0.25) is 11.8 Å². The van der Waals surface area contributed by atoms with Crippen LogP contribution in [0.4, 0.5) is 11.4 Å². The number of anilines is 1. The summed E-state index contributed by atoms with van der Waals surface area (Å²) < 4.78 is 0. The van der Waals surface area contributed by atoms with Crippen molar-refractivity contribution in [2.45, 2.75) is 25.5 Å². The minimum Gasteiger partial charge on any atom is -0.326 e. The van der Waals surface area contributed by atoms with Gasteiger partial charge in [0.05, 0.1) is 5.69 Å². The van der Waals surface area contributed by atoms with Gasteiger partial charge in [-0.05, 0) is 61.4 Å². The van der Waals surface area contributed by atoms with Crippen LogP contribution in [0.2, 0.25) is 5.02 Å². The fraction of sp³-hybridized carbons (Fsp3) is 0.211. The minimum atomic E-state index is -0.493. The highest BCUT2D eigenvalue weighted by atomic mass is 35.5. The summed E-state index contributed by atoms with van der Waals surface area (Å²) in [6.45, 7) is 4.05. The van der Waals surface area contributed by atoms with Gasteiger partial charge in [-0.15, -0.1) is 0 Å². The van der Waals surface area contributed by atoms with E-state index in [0.29, 0.717) is 15.9 Å². The number of carbonyl (C=O) groups excluding carboxylic acids is 2. The van der Waals surface area contributed by atoms with Gasteiger partial charge in [-0.3, -0.25) is 9.59 Å². The Morgan fingerprint density at radius 3 is 2.62 bits per heavy atom. The van der Waals surface area contributed by atoms with E-state index in [1.54, 1.807) is 24.3 Å². The number of benzene rings is 2. The highest BCUT2D eigenvalue weighted by Gasteiger charge is 2.32. The lowest BCUT2D eigenvalue weighted by Crippen LogP contribution is -2.28. The maximum atomic E-state index is 12.2. The molecular weight excluding hydrogens is 370 g/mol. The Bertz CT molecular complexity index is 881. The number of hydrogen-bond donors (Lipinski definition) is 2. The standard InChI is InChI=1S/C19H18ClN3O2S/c1-11-3-6-15(9-12(11)2)22-19-23-18(25)16(26-19)10-17(24)21-14-7-4-13(20)5-8-14/h3-9,16H,10H2,1-2H3,(H,21,24)(H,22,23,25)/t16-/m0/s1. The largest absolute Gasteiger partial charge is 0.326 e. The lowest BCUT2D eigenvalue weighted by atomic mass is 10.1. The number of aryl methyl sites for hydroxylation is 2. The van der Waals surface area contributed by atoms with Crippen molar-refractivity contribution in [2.24, 2.45) is 4.99 Å². The average molecular weight is 388 g/mol. The molecule has 1 aliphatic heterocycles. The summed E-state index contributed by atoms with van der Waals surface area (Å²) in [6.07, 6.45) is 0.0745. The summed E-state index contributed by atoms with van der Waals surface area (Å²) >= 11 is 7.10. The van der Waals surface area contributed by atoms with Gasteiger partial charge in [0.1, 0.15) is 5.25 Å². The molecule has 134 valence electrons. The lowest BCUT2D eigenvalue weighted by molar-refractivity contribution is -0.122. The molecule has 2 N–H and O–H groups in total. The van der Waals surface area contributed by atoms with Crippen molar-refractivity contribution in [1.29, 1.82) is 0 Å². The van der Waals surface area contributed by atoms with Gasteiger partial charge in [-0.25, -0.2) is 4.99 Å². The van der Waals surface area contributed by atoms with Crippen LogP contribution in [0.25, 0.3) is 0 Å². The molecule has 2 aromatic rings. The smallest absolute Gasteiger partial charge is 0.240 e. The van der Waals surface area contributed by atoms with Crippen LogP contribution in [0.15, 0.2) is 47.5 Å². The number of carbonyl (C=O) groups is 2. The maximum Gasteiger partial charge on any atom is 0.240 e. The first-order valence-corrected chi connectivity index (χ1v) is 9.35. The Morgan fingerprint density at radius 2 is 1.92 bits per heavy atom. The molecule has 0 saturated carbocycles. The van der Waals surface area contributed by atoms with E-state index in [0.717, 1.165) is 11.3 Å². The molecule has 7 heteroatoms. The van der Waals surface area contributed by atoms with Crippen molar-refractivity contribution in [3.63, 3.8) is 0 Å². The number of amides is 2. The molecule has 1 fully saturated rings. The Hall–Kier alpha value is -2.31. The highest BCUT2D eigenvalue weighted by Crippen LogP contribution is 2.26. The summed E-state index contributed by atoms with van der Waals surface area (Å²) in [6, 6.07) is 12.7. The zero-order valence-corrected chi connectivity index (χ0v) is 15.9. The Labute approximate surface area is 161 Å². The van der Waals surface area contributed by atoms with Gasteiger partial charge in [-0.1, -0.05) is 29.4 Å². The molecule has 0 radical (unpaired) electrons. The van der Waals surface area contributed by atoms with Gasteiger partial charge < -0.3 is 10.6 Å². The average Bonchev–Trinajstić information content (AvgIpc) is 2.92.